The van der Waals surface area contributed by atoms with Crippen molar-refractivity contribution in [2.45, 2.75) is 11.7 Å². The smallest absolute Gasteiger partial charge is 0.310 e. The minimum absolute atomic E-state index is 0.0442. The number of thioether (sulfide) groups is 1. The van der Waals surface area contributed by atoms with Gasteiger partial charge in [0.15, 0.2) is 16.7 Å². The molecule has 0 N–H and O–H groups in total. The summed E-state index contributed by atoms with van der Waals surface area (Å²) in [6, 6.07) is 10.1. The van der Waals surface area contributed by atoms with Crippen LogP contribution in [0.25, 0.3) is 11.4 Å². The molecule has 0 atom stereocenters. The Kier molecular flexibility index (Phi) is 6.16. The minimum atomic E-state index is -0.454. The molecule has 3 rings (SSSR count). The number of ether oxygens (including phenoxy) is 1. The number of aromatic nitrogens is 4. The molecule has 0 aliphatic heterocycles. The third-order valence-corrected chi connectivity index (χ3v) is 4.53. The summed E-state index contributed by atoms with van der Waals surface area (Å²) in [5.41, 5.74) is 0.875. The van der Waals surface area contributed by atoms with Gasteiger partial charge in [-0.1, -0.05) is 30.0 Å². The fourth-order valence-corrected chi connectivity index (χ4v) is 3.18. The van der Waals surface area contributed by atoms with Crippen LogP contribution in [0.4, 0.5) is 5.69 Å². The van der Waals surface area contributed by atoms with Crippen molar-refractivity contribution in [2.75, 3.05) is 12.4 Å². The Balaban J connectivity index is 1.66. The Hall–Kier alpha value is -3.20. The summed E-state index contributed by atoms with van der Waals surface area (Å²) in [4.78, 5) is 14.6. The third kappa shape index (κ3) is 4.50. The highest BCUT2D eigenvalue weighted by Gasteiger charge is 2.15. The second-order valence-electron chi connectivity index (χ2n) is 5.36. The second kappa shape index (κ2) is 8.95. The minimum Gasteiger partial charge on any atom is -0.486 e. The highest BCUT2D eigenvalue weighted by molar-refractivity contribution is 7.99. The standard InChI is InChI=1S/C18H17N5O3S/c1-2-11-22-17(14-7-9-19-10-8-14)20-21-18(22)27-13-12-26-16-6-4-3-5-15(16)23(24)25/h2-10H,1,11-13H2. The molecule has 2 aromatic heterocycles. The largest absolute Gasteiger partial charge is 0.486 e. The van der Waals surface area contributed by atoms with Gasteiger partial charge in [-0.3, -0.25) is 19.7 Å². The molecule has 0 radical (unpaired) electrons. The van der Waals surface area contributed by atoms with Crippen LogP contribution in [-0.2, 0) is 6.54 Å². The first-order chi connectivity index (χ1) is 13.2. The van der Waals surface area contributed by atoms with Crippen molar-refractivity contribution in [3.63, 3.8) is 0 Å². The number of hydrogen-bond donors (Lipinski definition) is 0. The van der Waals surface area contributed by atoms with Gasteiger partial charge in [-0.2, -0.15) is 0 Å². The van der Waals surface area contributed by atoms with Crippen LogP contribution in [0, 0.1) is 10.1 Å². The Morgan fingerprint density at radius 1 is 1.22 bits per heavy atom. The van der Waals surface area contributed by atoms with Crippen LogP contribution >= 0.6 is 11.8 Å². The lowest BCUT2D eigenvalue weighted by Crippen LogP contribution is -2.05. The number of hydrogen-bond acceptors (Lipinski definition) is 7. The van der Waals surface area contributed by atoms with E-state index in [1.54, 1.807) is 36.7 Å². The zero-order valence-corrected chi connectivity index (χ0v) is 15.2. The van der Waals surface area contributed by atoms with Crippen LogP contribution < -0.4 is 4.74 Å². The van der Waals surface area contributed by atoms with Gasteiger partial charge < -0.3 is 4.74 Å². The van der Waals surface area contributed by atoms with Gasteiger partial charge in [0, 0.05) is 36.3 Å². The first-order valence-electron chi connectivity index (χ1n) is 8.14. The fourth-order valence-electron chi connectivity index (χ4n) is 2.42. The van der Waals surface area contributed by atoms with Gasteiger partial charge in [0.1, 0.15) is 0 Å². The molecule has 138 valence electrons. The molecule has 0 bridgehead atoms. The number of pyridine rings is 1. The molecule has 0 aliphatic carbocycles. The van der Waals surface area contributed by atoms with E-state index in [0.717, 1.165) is 16.5 Å². The molecule has 9 heteroatoms. The molecular formula is C18H17N5O3S. The second-order valence-corrected chi connectivity index (χ2v) is 6.43. The van der Waals surface area contributed by atoms with E-state index < -0.39 is 4.92 Å². The zero-order valence-electron chi connectivity index (χ0n) is 14.4. The Morgan fingerprint density at radius 2 is 2.00 bits per heavy atom. The summed E-state index contributed by atoms with van der Waals surface area (Å²) < 4.78 is 7.52. The summed E-state index contributed by atoms with van der Waals surface area (Å²) in [5, 5.41) is 20.3. The highest BCUT2D eigenvalue weighted by Crippen LogP contribution is 2.27. The van der Waals surface area contributed by atoms with E-state index in [2.05, 4.69) is 21.8 Å². The predicted octanol–water partition coefficient (Wildman–Crippen LogP) is 3.61. The van der Waals surface area contributed by atoms with Crippen LogP contribution in [0.2, 0.25) is 0 Å². The Morgan fingerprint density at radius 3 is 2.74 bits per heavy atom. The molecule has 2 heterocycles. The molecule has 0 aliphatic rings. The highest BCUT2D eigenvalue weighted by atomic mass is 32.2. The van der Waals surface area contributed by atoms with Crippen molar-refractivity contribution >= 4 is 17.4 Å². The van der Waals surface area contributed by atoms with Gasteiger partial charge in [0.25, 0.3) is 0 Å². The van der Waals surface area contributed by atoms with E-state index in [1.807, 2.05) is 16.7 Å². The molecule has 27 heavy (non-hydrogen) atoms. The lowest BCUT2D eigenvalue weighted by atomic mass is 10.2. The number of para-hydroxylation sites is 2. The van der Waals surface area contributed by atoms with Crippen LogP contribution in [0.1, 0.15) is 0 Å². The van der Waals surface area contributed by atoms with Crippen molar-refractivity contribution in [1.82, 2.24) is 19.7 Å². The average molecular weight is 383 g/mol. The van der Waals surface area contributed by atoms with Gasteiger partial charge >= 0.3 is 5.69 Å². The lowest BCUT2D eigenvalue weighted by molar-refractivity contribution is -0.385. The van der Waals surface area contributed by atoms with Gasteiger partial charge in [0.2, 0.25) is 0 Å². The molecule has 0 spiro atoms. The van der Waals surface area contributed by atoms with Crippen LogP contribution in [0.3, 0.4) is 0 Å². The van der Waals surface area contributed by atoms with Crippen molar-refractivity contribution < 1.29 is 9.66 Å². The van der Waals surface area contributed by atoms with Gasteiger partial charge in [-0.15, -0.1) is 16.8 Å². The van der Waals surface area contributed by atoms with Gasteiger partial charge in [0.05, 0.1) is 11.5 Å². The van der Waals surface area contributed by atoms with E-state index in [9.17, 15) is 10.1 Å². The molecule has 0 fully saturated rings. The number of rotatable bonds is 9. The SMILES string of the molecule is C=CCn1c(SCCOc2ccccc2[N+](=O)[O-])nnc1-c1ccncc1. The number of nitro benzene ring substituents is 1. The lowest BCUT2D eigenvalue weighted by Gasteiger charge is -2.08. The maximum atomic E-state index is 11.0. The van der Waals surface area contributed by atoms with Gasteiger partial charge in [-0.25, -0.2) is 0 Å². The summed E-state index contributed by atoms with van der Waals surface area (Å²) in [6.07, 6.45) is 5.19. The van der Waals surface area contributed by atoms with E-state index in [1.165, 1.54) is 17.8 Å². The molecule has 3 aromatic rings. The van der Waals surface area contributed by atoms with Crippen molar-refractivity contribution in [3.8, 4) is 17.1 Å². The predicted molar refractivity (Wildman–Crippen MR) is 103 cm³/mol. The molecule has 1 aromatic carbocycles. The van der Waals surface area contributed by atoms with E-state index in [-0.39, 0.29) is 11.4 Å². The average Bonchev–Trinajstić information content (AvgIpc) is 3.09. The maximum Gasteiger partial charge on any atom is 0.310 e. The summed E-state index contributed by atoms with van der Waals surface area (Å²) in [6.45, 7) is 4.66. The molecule has 8 nitrogen and oxygen atoms in total. The number of benzene rings is 1. The zero-order chi connectivity index (χ0) is 19.1. The van der Waals surface area contributed by atoms with E-state index in [0.29, 0.717) is 18.9 Å². The Labute approximate surface area is 160 Å². The normalized spacial score (nSPS) is 10.5. The molecule has 0 amide bonds. The Bertz CT molecular complexity index is 930. The summed E-state index contributed by atoms with van der Waals surface area (Å²) >= 11 is 1.47. The first kappa shape index (κ1) is 18.6. The van der Waals surface area contributed by atoms with E-state index in [4.69, 9.17) is 4.74 Å². The maximum absolute atomic E-state index is 11.0. The number of nitrogens with zero attached hydrogens (tertiary/aromatic N) is 5. The van der Waals surface area contributed by atoms with Crippen LogP contribution in [0.5, 0.6) is 5.75 Å². The fraction of sp³-hybridized carbons (Fsp3) is 0.167. The molecule has 0 saturated heterocycles. The van der Waals surface area contributed by atoms with Crippen LogP contribution in [0.15, 0.2) is 66.6 Å². The molecular weight excluding hydrogens is 366 g/mol. The molecule has 0 unspecified atom stereocenters. The monoisotopic (exact) mass is 383 g/mol. The number of nitro groups is 1. The molecule has 0 saturated carbocycles. The summed E-state index contributed by atoms with van der Waals surface area (Å²) in [7, 11) is 0. The topological polar surface area (TPSA) is 96.0 Å². The third-order valence-electron chi connectivity index (χ3n) is 3.60. The van der Waals surface area contributed by atoms with Crippen LogP contribution in [-0.4, -0.2) is 37.0 Å². The quantitative estimate of drug-likeness (QED) is 0.183. The summed E-state index contributed by atoms with van der Waals surface area (Å²) in [5.74, 6) is 1.56. The van der Waals surface area contributed by atoms with Crippen molar-refractivity contribution in [3.05, 3.63) is 71.6 Å². The first-order valence-corrected chi connectivity index (χ1v) is 9.12. The van der Waals surface area contributed by atoms with Gasteiger partial charge in [-0.05, 0) is 18.2 Å². The number of allylic oxidation sites excluding steroid dienone is 1. The van der Waals surface area contributed by atoms with E-state index >= 15 is 0 Å². The van der Waals surface area contributed by atoms with Crippen molar-refractivity contribution in [2.24, 2.45) is 0 Å². The van der Waals surface area contributed by atoms with Crippen molar-refractivity contribution in [1.29, 1.82) is 0 Å².